The minimum atomic E-state index is -2.83. The number of alkyl halides is 2. The number of aliphatic hydroxyl groups excluding tert-OH is 1. The molecule has 0 fully saturated rings. The van der Waals surface area contributed by atoms with Gasteiger partial charge in [-0.2, -0.15) is 8.78 Å². The molecule has 0 amide bonds. The summed E-state index contributed by atoms with van der Waals surface area (Å²) >= 11 is 3.27. The van der Waals surface area contributed by atoms with E-state index >= 15 is 0 Å². The summed E-state index contributed by atoms with van der Waals surface area (Å²) in [5, 5.41) is 11.6. The Morgan fingerprint density at radius 2 is 2.18 bits per heavy atom. The molecule has 0 radical (unpaired) electrons. The number of nitrogens with one attached hydrogen (secondary N) is 1. The molecule has 0 aliphatic heterocycles. The first kappa shape index (κ1) is 14.3. The molecule has 0 aliphatic carbocycles. The lowest BCUT2D eigenvalue weighted by atomic mass is 10.2. The van der Waals surface area contributed by atoms with Crippen LogP contribution in [0, 0.1) is 0 Å². The average molecular weight is 310 g/mol. The summed E-state index contributed by atoms with van der Waals surface area (Å²) in [6, 6.07) is 4.87. The highest BCUT2D eigenvalue weighted by molar-refractivity contribution is 9.10. The smallest absolute Gasteiger partial charge is 0.387 e. The second kappa shape index (κ2) is 7.58. The van der Waals surface area contributed by atoms with Crippen LogP contribution in [-0.4, -0.2) is 24.9 Å². The number of ether oxygens (including phenoxy) is 1. The molecule has 0 spiro atoms. The van der Waals surface area contributed by atoms with E-state index in [1.54, 1.807) is 12.1 Å². The molecule has 0 atom stereocenters. The van der Waals surface area contributed by atoms with E-state index in [2.05, 4.69) is 26.0 Å². The van der Waals surface area contributed by atoms with E-state index in [0.717, 1.165) is 4.47 Å². The number of hydrogen-bond acceptors (Lipinski definition) is 3. The lowest BCUT2D eigenvalue weighted by Gasteiger charge is -2.11. The summed E-state index contributed by atoms with van der Waals surface area (Å²) in [7, 11) is 0. The SMILES string of the molecule is OCCCNCc1cc(Br)ccc1OC(F)F. The standard InChI is InChI=1S/C11H14BrF2NO2/c12-9-2-3-10(17-11(13)14)8(6-9)7-15-4-1-5-16/h2-3,6,11,15-16H,1,4-5,7H2. The number of benzene rings is 1. The van der Waals surface area contributed by atoms with Gasteiger partial charge in [0.1, 0.15) is 5.75 Å². The van der Waals surface area contributed by atoms with Crippen molar-refractivity contribution in [3.05, 3.63) is 28.2 Å². The Morgan fingerprint density at radius 1 is 1.41 bits per heavy atom. The van der Waals surface area contributed by atoms with Crippen molar-refractivity contribution in [2.24, 2.45) is 0 Å². The molecule has 0 unspecified atom stereocenters. The van der Waals surface area contributed by atoms with Crippen LogP contribution in [0.1, 0.15) is 12.0 Å². The maximum absolute atomic E-state index is 12.2. The number of hydrogen-bond donors (Lipinski definition) is 2. The van der Waals surface area contributed by atoms with Crippen molar-refractivity contribution in [3.8, 4) is 5.75 Å². The lowest BCUT2D eigenvalue weighted by Crippen LogP contribution is -2.17. The van der Waals surface area contributed by atoms with Crippen LogP contribution in [0.2, 0.25) is 0 Å². The first-order valence-electron chi connectivity index (χ1n) is 5.18. The number of halogens is 3. The second-order valence-corrected chi connectivity index (χ2v) is 4.30. The number of aliphatic hydroxyl groups is 1. The van der Waals surface area contributed by atoms with Crippen molar-refractivity contribution in [2.45, 2.75) is 19.6 Å². The molecular weight excluding hydrogens is 296 g/mol. The summed E-state index contributed by atoms with van der Waals surface area (Å²) in [6.45, 7) is -1.68. The monoisotopic (exact) mass is 309 g/mol. The van der Waals surface area contributed by atoms with Crippen molar-refractivity contribution in [1.29, 1.82) is 0 Å². The quantitative estimate of drug-likeness (QED) is 0.761. The van der Waals surface area contributed by atoms with Crippen LogP contribution in [0.25, 0.3) is 0 Å². The maximum atomic E-state index is 12.2. The Labute approximate surface area is 107 Å². The van der Waals surface area contributed by atoms with Gasteiger partial charge >= 0.3 is 6.61 Å². The Bertz CT molecular complexity index is 350. The van der Waals surface area contributed by atoms with Crippen molar-refractivity contribution >= 4 is 15.9 Å². The summed E-state index contributed by atoms with van der Waals surface area (Å²) in [5.41, 5.74) is 0.651. The van der Waals surface area contributed by atoms with E-state index in [0.29, 0.717) is 25.1 Å². The third-order valence-electron chi connectivity index (χ3n) is 2.07. The second-order valence-electron chi connectivity index (χ2n) is 3.38. The van der Waals surface area contributed by atoms with Gasteiger partial charge in [-0.25, -0.2) is 0 Å². The summed E-state index contributed by atoms with van der Waals surface area (Å²) in [5.74, 6) is 0.166. The highest BCUT2D eigenvalue weighted by atomic mass is 79.9. The van der Waals surface area contributed by atoms with Gasteiger partial charge in [0.15, 0.2) is 0 Å². The molecule has 6 heteroatoms. The predicted molar refractivity (Wildman–Crippen MR) is 64.2 cm³/mol. The molecule has 1 rings (SSSR count). The van der Waals surface area contributed by atoms with E-state index in [9.17, 15) is 8.78 Å². The van der Waals surface area contributed by atoms with Crippen LogP contribution in [0.3, 0.4) is 0 Å². The van der Waals surface area contributed by atoms with Gasteiger partial charge in [-0.1, -0.05) is 15.9 Å². The molecule has 0 aromatic heterocycles. The van der Waals surface area contributed by atoms with E-state index in [4.69, 9.17) is 5.11 Å². The van der Waals surface area contributed by atoms with E-state index < -0.39 is 6.61 Å². The van der Waals surface area contributed by atoms with Gasteiger partial charge in [-0.05, 0) is 31.2 Å². The molecular formula is C11H14BrF2NO2. The fourth-order valence-corrected chi connectivity index (χ4v) is 1.73. The van der Waals surface area contributed by atoms with Crippen molar-refractivity contribution in [2.75, 3.05) is 13.2 Å². The highest BCUT2D eigenvalue weighted by Gasteiger charge is 2.09. The molecule has 0 aliphatic rings. The summed E-state index contributed by atoms with van der Waals surface area (Å²) < 4.78 is 29.5. The molecule has 17 heavy (non-hydrogen) atoms. The van der Waals surface area contributed by atoms with Crippen LogP contribution in [0.5, 0.6) is 5.75 Å². The Morgan fingerprint density at radius 3 is 2.82 bits per heavy atom. The van der Waals surface area contributed by atoms with Crippen LogP contribution in [-0.2, 0) is 6.54 Å². The predicted octanol–water partition coefficient (Wildman–Crippen LogP) is 2.52. The van der Waals surface area contributed by atoms with Gasteiger partial charge < -0.3 is 15.2 Å². The van der Waals surface area contributed by atoms with Crippen LogP contribution in [0.15, 0.2) is 22.7 Å². The first-order chi connectivity index (χ1) is 8.13. The summed E-state index contributed by atoms with van der Waals surface area (Å²) in [4.78, 5) is 0. The topological polar surface area (TPSA) is 41.5 Å². The third kappa shape index (κ3) is 5.43. The van der Waals surface area contributed by atoms with Gasteiger partial charge in [0.05, 0.1) is 0 Å². The first-order valence-corrected chi connectivity index (χ1v) is 5.97. The minimum Gasteiger partial charge on any atom is -0.434 e. The minimum absolute atomic E-state index is 0.103. The Kier molecular flexibility index (Phi) is 6.39. The molecule has 2 N–H and O–H groups in total. The average Bonchev–Trinajstić information content (AvgIpc) is 2.27. The summed E-state index contributed by atoms with van der Waals surface area (Å²) in [6.07, 6.45) is 0.624. The fraction of sp³-hybridized carbons (Fsp3) is 0.455. The van der Waals surface area contributed by atoms with Crippen LogP contribution < -0.4 is 10.1 Å². The fourth-order valence-electron chi connectivity index (χ4n) is 1.32. The molecule has 3 nitrogen and oxygen atoms in total. The zero-order chi connectivity index (χ0) is 12.7. The molecule has 0 heterocycles. The van der Waals surface area contributed by atoms with Crippen molar-refractivity contribution in [3.63, 3.8) is 0 Å². The van der Waals surface area contributed by atoms with Gasteiger partial charge in [0.2, 0.25) is 0 Å². The van der Waals surface area contributed by atoms with E-state index in [-0.39, 0.29) is 12.4 Å². The molecule has 1 aromatic rings. The number of rotatable bonds is 7. The van der Waals surface area contributed by atoms with Crippen LogP contribution in [0.4, 0.5) is 8.78 Å². The molecule has 1 aromatic carbocycles. The van der Waals surface area contributed by atoms with E-state index in [1.807, 2.05) is 0 Å². The van der Waals surface area contributed by atoms with Crippen molar-refractivity contribution < 1.29 is 18.6 Å². The molecule has 0 saturated carbocycles. The third-order valence-corrected chi connectivity index (χ3v) is 2.56. The normalized spacial score (nSPS) is 10.9. The zero-order valence-corrected chi connectivity index (χ0v) is 10.7. The van der Waals surface area contributed by atoms with Crippen molar-refractivity contribution in [1.82, 2.24) is 5.32 Å². The molecule has 0 saturated heterocycles. The lowest BCUT2D eigenvalue weighted by molar-refractivity contribution is -0.0505. The highest BCUT2D eigenvalue weighted by Crippen LogP contribution is 2.24. The molecule has 96 valence electrons. The van der Waals surface area contributed by atoms with Gasteiger partial charge in [-0.15, -0.1) is 0 Å². The van der Waals surface area contributed by atoms with E-state index in [1.165, 1.54) is 6.07 Å². The Balaban J connectivity index is 2.63. The van der Waals surface area contributed by atoms with Gasteiger partial charge in [0.25, 0.3) is 0 Å². The largest absolute Gasteiger partial charge is 0.434 e. The zero-order valence-electron chi connectivity index (χ0n) is 9.13. The Hall–Kier alpha value is -0.720. The van der Waals surface area contributed by atoms with Crippen LogP contribution >= 0.6 is 15.9 Å². The molecule has 0 bridgehead atoms. The maximum Gasteiger partial charge on any atom is 0.387 e. The van der Waals surface area contributed by atoms with Gasteiger partial charge in [-0.3, -0.25) is 0 Å². The van der Waals surface area contributed by atoms with Gasteiger partial charge in [0, 0.05) is 23.2 Å².